The summed E-state index contributed by atoms with van der Waals surface area (Å²) in [5, 5.41) is 15.4. The van der Waals surface area contributed by atoms with E-state index >= 15 is 0 Å². The molecule has 0 spiro atoms. The molecule has 1 heterocycles. The van der Waals surface area contributed by atoms with Crippen molar-refractivity contribution in [2.75, 3.05) is 10.6 Å². The molecule has 0 saturated carbocycles. The third-order valence-corrected chi connectivity index (χ3v) is 4.74. The quantitative estimate of drug-likeness (QED) is 0.466. The number of hydrogen-bond donors (Lipinski definition) is 2. The van der Waals surface area contributed by atoms with E-state index in [1.165, 1.54) is 11.1 Å². The van der Waals surface area contributed by atoms with Crippen molar-refractivity contribution in [1.29, 1.82) is 0 Å². The third-order valence-electron chi connectivity index (χ3n) is 4.41. The van der Waals surface area contributed by atoms with Crippen molar-refractivity contribution < 1.29 is 4.63 Å². The van der Waals surface area contributed by atoms with Crippen molar-refractivity contribution in [3.8, 4) is 0 Å². The minimum Gasteiger partial charge on any atom is -0.354 e. The predicted molar refractivity (Wildman–Crippen MR) is 106 cm³/mol. The van der Waals surface area contributed by atoms with Crippen LogP contribution in [0.2, 0.25) is 5.02 Å². The molecule has 1 aromatic heterocycles. The van der Waals surface area contributed by atoms with Crippen molar-refractivity contribution in [2.45, 2.75) is 13.8 Å². The topological polar surface area (TPSA) is 63.0 Å². The molecule has 0 bridgehead atoms. The van der Waals surface area contributed by atoms with E-state index < -0.39 is 0 Å². The van der Waals surface area contributed by atoms with Crippen LogP contribution in [0, 0.1) is 13.8 Å². The van der Waals surface area contributed by atoms with Gasteiger partial charge in [0.1, 0.15) is 11.0 Å². The summed E-state index contributed by atoms with van der Waals surface area (Å²) in [5.74, 6) is 0. The zero-order valence-corrected chi connectivity index (χ0v) is 15.1. The minimum absolute atomic E-state index is 0.642. The Morgan fingerprint density at radius 1 is 0.769 bits per heavy atom. The number of nitrogens with one attached hydrogen (secondary N) is 2. The van der Waals surface area contributed by atoms with Gasteiger partial charge in [-0.05, 0) is 65.6 Å². The minimum atomic E-state index is 0.642. The lowest BCUT2D eigenvalue weighted by Crippen LogP contribution is -2.00. The van der Waals surface area contributed by atoms with Gasteiger partial charge in [0.05, 0.1) is 22.1 Å². The zero-order chi connectivity index (χ0) is 18.1. The molecule has 4 aromatic rings. The smallest absolute Gasteiger partial charge is 0.137 e. The molecule has 6 heteroatoms. The highest BCUT2D eigenvalue weighted by Gasteiger charge is 2.12. The van der Waals surface area contributed by atoms with Crippen molar-refractivity contribution in [2.24, 2.45) is 0 Å². The maximum absolute atomic E-state index is 6.30. The average Bonchev–Trinajstić information content (AvgIpc) is 3.08. The van der Waals surface area contributed by atoms with Gasteiger partial charge in [-0.1, -0.05) is 35.9 Å². The van der Waals surface area contributed by atoms with Gasteiger partial charge in [0.25, 0.3) is 0 Å². The van der Waals surface area contributed by atoms with Crippen LogP contribution in [0.4, 0.5) is 22.7 Å². The third kappa shape index (κ3) is 3.09. The maximum Gasteiger partial charge on any atom is 0.137 e. The van der Waals surface area contributed by atoms with Gasteiger partial charge >= 0.3 is 0 Å². The van der Waals surface area contributed by atoms with Crippen LogP contribution in [0.15, 0.2) is 59.2 Å². The van der Waals surface area contributed by atoms with Crippen LogP contribution in [0.3, 0.4) is 0 Å². The maximum atomic E-state index is 6.30. The molecule has 0 unspecified atom stereocenters. The van der Waals surface area contributed by atoms with Crippen molar-refractivity contribution in [3.05, 3.63) is 70.7 Å². The lowest BCUT2D eigenvalue weighted by Gasteiger charge is -2.16. The SMILES string of the molecule is Cc1cccc(Nc2cc3nonc3cc2Nc2ccccc2Cl)c1C. The molecular formula is C20H17ClN4O. The Morgan fingerprint density at radius 2 is 1.38 bits per heavy atom. The molecule has 130 valence electrons. The molecular weight excluding hydrogens is 348 g/mol. The van der Waals surface area contributed by atoms with Crippen LogP contribution in [0.1, 0.15) is 11.1 Å². The van der Waals surface area contributed by atoms with Crippen LogP contribution in [0.5, 0.6) is 0 Å². The second-order valence-electron chi connectivity index (χ2n) is 6.13. The summed E-state index contributed by atoms with van der Waals surface area (Å²) >= 11 is 6.30. The summed E-state index contributed by atoms with van der Waals surface area (Å²) in [6.07, 6.45) is 0. The number of rotatable bonds is 4. The predicted octanol–water partition coefficient (Wildman–Crippen LogP) is 5.98. The zero-order valence-electron chi connectivity index (χ0n) is 14.4. The van der Waals surface area contributed by atoms with Crippen molar-refractivity contribution in [3.63, 3.8) is 0 Å². The number of hydrogen-bond acceptors (Lipinski definition) is 5. The first-order valence-corrected chi connectivity index (χ1v) is 8.61. The summed E-state index contributed by atoms with van der Waals surface area (Å²) < 4.78 is 4.86. The molecule has 5 nitrogen and oxygen atoms in total. The molecule has 0 aliphatic rings. The van der Waals surface area contributed by atoms with Crippen LogP contribution < -0.4 is 10.6 Å². The molecule has 2 N–H and O–H groups in total. The van der Waals surface area contributed by atoms with E-state index in [1.54, 1.807) is 0 Å². The molecule has 26 heavy (non-hydrogen) atoms. The Bertz CT molecular complexity index is 1090. The molecule has 4 rings (SSSR count). The van der Waals surface area contributed by atoms with Gasteiger partial charge in [-0.25, -0.2) is 4.63 Å². The van der Waals surface area contributed by atoms with E-state index in [0.717, 1.165) is 22.7 Å². The monoisotopic (exact) mass is 364 g/mol. The van der Waals surface area contributed by atoms with Gasteiger partial charge < -0.3 is 10.6 Å². The van der Waals surface area contributed by atoms with Gasteiger partial charge in [0.2, 0.25) is 0 Å². The fraction of sp³-hybridized carbons (Fsp3) is 0.100. The highest BCUT2D eigenvalue weighted by Crippen LogP contribution is 2.35. The summed E-state index contributed by atoms with van der Waals surface area (Å²) in [6, 6.07) is 17.6. The van der Waals surface area contributed by atoms with Gasteiger partial charge in [-0.15, -0.1) is 0 Å². The molecule has 3 aromatic carbocycles. The van der Waals surface area contributed by atoms with E-state index in [0.29, 0.717) is 16.1 Å². The van der Waals surface area contributed by atoms with Crippen molar-refractivity contribution >= 4 is 45.4 Å². The molecule has 0 saturated heterocycles. The Hall–Kier alpha value is -3.05. The standard InChI is InChI=1S/C20H17ClN4O/c1-12-6-5-9-15(13(12)2)22-17-10-19-20(25-26-24-19)11-18(17)23-16-8-4-3-7-14(16)21/h3-11,22-23H,1-2H3. The summed E-state index contributed by atoms with van der Waals surface area (Å²) in [5.41, 5.74) is 7.31. The van der Waals surface area contributed by atoms with Gasteiger partial charge in [-0.3, -0.25) is 0 Å². The Kier molecular flexibility index (Phi) is 4.22. The van der Waals surface area contributed by atoms with E-state index in [4.69, 9.17) is 16.2 Å². The first kappa shape index (κ1) is 16.4. The van der Waals surface area contributed by atoms with Crippen LogP contribution in [-0.4, -0.2) is 10.3 Å². The first-order valence-electron chi connectivity index (χ1n) is 8.23. The number of benzene rings is 3. The molecule has 0 aliphatic carbocycles. The Morgan fingerprint density at radius 3 is 2.08 bits per heavy atom. The lowest BCUT2D eigenvalue weighted by molar-refractivity contribution is 0.315. The van der Waals surface area contributed by atoms with Gasteiger partial charge in [0, 0.05) is 5.69 Å². The van der Waals surface area contributed by atoms with Gasteiger partial charge in [0.15, 0.2) is 0 Å². The average molecular weight is 365 g/mol. The number of nitrogens with zero attached hydrogens (tertiary/aromatic N) is 2. The number of para-hydroxylation sites is 1. The highest BCUT2D eigenvalue weighted by molar-refractivity contribution is 6.33. The Labute approximate surface area is 155 Å². The highest BCUT2D eigenvalue weighted by atomic mass is 35.5. The van der Waals surface area contributed by atoms with E-state index in [-0.39, 0.29) is 0 Å². The van der Waals surface area contributed by atoms with Crippen LogP contribution >= 0.6 is 11.6 Å². The van der Waals surface area contributed by atoms with E-state index in [1.807, 2.05) is 48.5 Å². The number of aryl methyl sites for hydroxylation is 1. The molecule has 0 amide bonds. The number of anilines is 4. The summed E-state index contributed by atoms with van der Waals surface area (Å²) in [7, 11) is 0. The molecule has 0 atom stereocenters. The number of fused-ring (bicyclic) bond motifs is 1. The van der Waals surface area contributed by atoms with Crippen molar-refractivity contribution in [1.82, 2.24) is 10.3 Å². The fourth-order valence-corrected chi connectivity index (χ4v) is 2.96. The second kappa shape index (κ2) is 6.69. The van der Waals surface area contributed by atoms with Gasteiger partial charge in [-0.2, -0.15) is 0 Å². The molecule has 0 aliphatic heterocycles. The first-order chi connectivity index (χ1) is 12.6. The summed E-state index contributed by atoms with van der Waals surface area (Å²) in [4.78, 5) is 0. The summed E-state index contributed by atoms with van der Waals surface area (Å²) in [6.45, 7) is 4.18. The number of halogens is 1. The largest absolute Gasteiger partial charge is 0.354 e. The second-order valence-corrected chi connectivity index (χ2v) is 6.54. The molecule has 0 fully saturated rings. The van der Waals surface area contributed by atoms with Crippen LogP contribution in [-0.2, 0) is 0 Å². The lowest BCUT2D eigenvalue weighted by atomic mass is 10.1. The molecule has 0 radical (unpaired) electrons. The fourth-order valence-electron chi connectivity index (χ4n) is 2.78. The van der Waals surface area contributed by atoms with E-state index in [2.05, 4.69) is 40.9 Å². The van der Waals surface area contributed by atoms with Crippen LogP contribution in [0.25, 0.3) is 11.0 Å². The Balaban J connectivity index is 1.79. The number of aromatic nitrogens is 2. The normalized spacial score (nSPS) is 10.9. The van der Waals surface area contributed by atoms with E-state index in [9.17, 15) is 0 Å².